The van der Waals surface area contributed by atoms with Crippen molar-refractivity contribution in [1.29, 1.82) is 0 Å². The molecule has 2 aromatic rings. The maximum Gasteiger partial charge on any atom is 0.126 e. The van der Waals surface area contributed by atoms with Gasteiger partial charge < -0.3 is 15.2 Å². The summed E-state index contributed by atoms with van der Waals surface area (Å²) in [6.45, 7) is 0.578. The lowest BCUT2D eigenvalue weighted by molar-refractivity contribution is 0.116. The van der Waals surface area contributed by atoms with E-state index < -0.39 is 0 Å². The Balaban J connectivity index is 1.39. The fourth-order valence-corrected chi connectivity index (χ4v) is 4.29. The molecule has 2 N–H and O–H groups in total. The number of ether oxygens (including phenoxy) is 2. The van der Waals surface area contributed by atoms with Crippen molar-refractivity contribution >= 4 is 0 Å². The minimum Gasteiger partial charge on any atom is -0.490 e. The third kappa shape index (κ3) is 4.21. The second kappa shape index (κ2) is 7.71. The molecule has 1 unspecified atom stereocenters. The van der Waals surface area contributed by atoms with Crippen molar-refractivity contribution in [2.75, 3.05) is 0 Å². The molecule has 0 spiro atoms. The van der Waals surface area contributed by atoms with E-state index in [0.717, 1.165) is 43.6 Å². The fourth-order valence-electron chi connectivity index (χ4n) is 4.29. The van der Waals surface area contributed by atoms with Crippen LogP contribution in [0.3, 0.4) is 0 Å². The summed E-state index contributed by atoms with van der Waals surface area (Å²) in [5.41, 5.74) is 9.07. The molecule has 0 radical (unpaired) electrons. The molecule has 3 nitrogen and oxygen atoms in total. The molecule has 1 aliphatic heterocycles. The number of rotatable bonds is 5. The molecule has 0 bridgehead atoms. The molecule has 0 aromatic heterocycles. The van der Waals surface area contributed by atoms with E-state index in [-0.39, 0.29) is 11.6 Å². The summed E-state index contributed by atoms with van der Waals surface area (Å²) < 4.78 is 12.3. The highest BCUT2D eigenvalue weighted by atomic mass is 16.5. The van der Waals surface area contributed by atoms with Crippen molar-refractivity contribution in [3.63, 3.8) is 0 Å². The average molecular weight is 351 g/mol. The van der Waals surface area contributed by atoms with Crippen LogP contribution >= 0.6 is 0 Å². The van der Waals surface area contributed by atoms with Gasteiger partial charge in [0.05, 0.1) is 0 Å². The van der Waals surface area contributed by atoms with E-state index in [1.54, 1.807) is 0 Å². The van der Waals surface area contributed by atoms with Crippen LogP contribution in [0.2, 0.25) is 0 Å². The van der Waals surface area contributed by atoms with Gasteiger partial charge in [-0.1, -0.05) is 55.7 Å². The fraction of sp³-hybridized carbons (Fsp3) is 0.478. The third-order valence-corrected chi connectivity index (χ3v) is 5.80. The van der Waals surface area contributed by atoms with Gasteiger partial charge in [-0.15, -0.1) is 0 Å². The average Bonchev–Trinajstić information content (AvgIpc) is 2.67. The van der Waals surface area contributed by atoms with Crippen molar-refractivity contribution in [2.45, 2.75) is 69.6 Å². The Bertz CT molecular complexity index is 722. The zero-order valence-electron chi connectivity index (χ0n) is 15.5. The van der Waals surface area contributed by atoms with Gasteiger partial charge in [-0.25, -0.2) is 0 Å². The second-order valence-electron chi connectivity index (χ2n) is 7.95. The van der Waals surface area contributed by atoms with E-state index in [2.05, 4.69) is 30.3 Å². The largest absolute Gasteiger partial charge is 0.490 e. The van der Waals surface area contributed by atoms with Gasteiger partial charge in [0, 0.05) is 18.0 Å². The molecule has 4 rings (SSSR count). The first-order valence-electron chi connectivity index (χ1n) is 9.95. The molecule has 2 aromatic carbocycles. The van der Waals surface area contributed by atoms with Gasteiger partial charge in [0.25, 0.3) is 0 Å². The Morgan fingerprint density at radius 2 is 1.85 bits per heavy atom. The van der Waals surface area contributed by atoms with Crippen LogP contribution in [-0.2, 0) is 13.0 Å². The van der Waals surface area contributed by atoms with E-state index in [0.29, 0.717) is 6.61 Å². The van der Waals surface area contributed by atoms with Crippen LogP contribution in [0.5, 0.6) is 11.5 Å². The number of nitrogens with two attached hydrogens (primary N) is 1. The predicted molar refractivity (Wildman–Crippen MR) is 105 cm³/mol. The molecule has 1 aliphatic carbocycles. The van der Waals surface area contributed by atoms with Crippen molar-refractivity contribution in [1.82, 2.24) is 0 Å². The SMILES string of the molecule is NC1(CC2CCc3ccc(OCc4ccccc4)cc3O2)CCCCC1. The molecule has 1 saturated carbocycles. The van der Waals surface area contributed by atoms with Gasteiger partial charge in [0.1, 0.15) is 24.2 Å². The van der Waals surface area contributed by atoms with Gasteiger partial charge in [-0.3, -0.25) is 0 Å². The summed E-state index contributed by atoms with van der Waals surface area (Å²) in [6, 6.07) is 16.5. The van der Waals surface area contributed by atoms with Crippen LogP contribution in [-0.4, -0.2) is 11.6 Å². The van der Waals surface area contributed by atoms with Gasteiger partial charge in [0.15, 0.2) is 0 Å². The maximum atomic E-state index is 6.65. The van der Waals surface area contributed by atoms with Crippen molar-refractivity contribution in [3.8, 4) is 11.5 Å². The van der Waals surface area contributed by atoms with E-state index in [4.69, 9.17) is 15.2 Å². The molecule has 1 heterocycles. The smallest absolute Gasteiger partial charge is 0.126 e. The molecule has 138 valence electrons. The lowest BCUT2D eigenvalue weighted by Gasteiger charge is -2.38. The van der Waals surface area contributed by atoms with E-state index in [9.17, 15) is 0 Å². The summed E-state index contributed by atoms with van der Waals surface area (Å²) in [5.74, 6) is 1.85. The Morgan fingerprint density at radius 1 is 1.04 bits per heavy atom. The zero-order chi connectivity index (χ0) is 17.8. The van der Waals surface area contributed by atoms with Crippen LogP contribution in [0.15, 0.2) is 48.5 Å². The Labute approximate surface area is 156 Å². The first-order chi connectivity index (χ1) is 12.7. The Kier molecular flexibility index (Phi) is 5.16. The quantitative estimate of drug-likeness (QED) is 0.823. The standard InChI is InChI=1S/C23H29NO2/c24-23(13-5-2-6-14-23)16-21-12-10-19-9-11-20(15-22(19)26-21)25-17-18-7-3-1-4-8-18/h1,3-4,7-9,11,15,21H,2,5-6,10,12-14,16-17,24H2. The molecule has 0 amide bonds. The summed E-state index contributed by atoms with van der Waals surface area (Å²) in [6.07, 6.45) is 9.46. The van der Waals surface area contributed by atoms with E-state index in [1.807, 2.05) is 18.2 Å². The summed E-state index contributed by atoms with van der Waals surface area (Å²) in [5, 5.41) is 0. The topological polar surface area (TPSA) is 44.5 Å². The Hall–Kier alpha value is -2.00. The van der Waals surface area contributed by atoms with Crippen LogP contribution in [0, 0.1) is 0 Å². The third-order valence-electron chi connectivity index (χ3n) is 5.80. The minimum atomic E-state index is -0.0260. The first-order valence-corrected chi connectivity index (χ1v) is 9.95. The molecule has 0 saturated heterocycles. The van der Waals surface area contributed by atoms with Crippen LogP contribution in [0.1, 0.15) is 56.1 Å². The highest BCUT2D eigenvalue weighted by Crippen LogP contribution is 2.36. The minimum absolute atomic E-state index is 0.0260. The van der Waals surface area contributed by atoms with Crippen molar-refractivity contribution in [2.24, 2.45) is 5.73 Å². The summed E-state index contributed by atoms with van der Waals surface area (Å²) in [4.78, 5) is 0. The number of fused-ring (bicyclic) bond motifs is 1. The predicted octanol–water partition coefficient (Wildman–Crippen LogP) is 5.01. The zero-order valence-corrected chi connectivity index (χ0v) is 15.5. The van der Waals surface area contributed by atoms with Crippen molar-refractivity contribution in [3.05, 3.63) is 59.7 Å². The normalized spacial score (nSPS) is 21.5. The maximum absolute atomic E-state index is 6.65. The molecular weight excluding hydrogens is 322 g/mol. The number of aryl methyl sites for hydroxylation is 1. The highest BCUT2D eigenvalue weighted by Gasteiger charge is 2.33. The van der Waals surface area contributed by atoms with Crippen LogP contribution in [0.25, 0.3) is 0 Å². The summed E-state index contributed by atoms with van der Waals surface area (Å²) >= 11 is 0. The monoisotopic (exact) mass is 351 g/mol. The lowest BCUT2D eigenvalue weighted by Crippen LogP contribution is -2.46. The highest BCUT2D eigenvalue weighted by molar-refractivity contribution is 5.42. The molecule has 3 heteroatoms. The molecular formula is C23H29NO2. The lowest BCUT2D eigenvalue weighted by atomic mass is 9.78. The second-order valence-corrected chi connectivity index (χ2v) is 7.95. The molecule has 1 fully saturated rings. The first kappa shape index (κ1) is 17.4. The van der Waals surface area contributed by atoms with E-state index >= 15 is 0 Å². The van der Waals surface area contributed by atoms with Gasteiger partial charge >= 0.3 is 0 Å². The van der Waals surface area contributed by atoms with Gasteiger partial charge in [-0.2, -0.15) is 0 Å². The van der Waals surface area contributed by atoms with Crippen LogP contribution in [0.4, 0.5) is 0 Å². The van der Waals surface area contributed by atoms with E-state index in [1.165, 1.54) is 30.4 Å². The Morgan fingerprint density at radius 3 is 2.65 bits per heavy atom. The molecule has 2 aliphatic rings. The number of hydrogen-bond acceptors (Lipinski definition) is 3. The molecule has 26 heavy (non-hydrogen) atoms. The number of hydrogen-bond donors (Lipinski definition) is 1. The summed E-state index contributed by atoms with van der Waals surface area (Å²) in [7, 11) is 0. The molecule has 1 atom stereocenters. The van der Waals surface area contributed by atoms with Gasteiger partial charge in [-0.05, 0) is 42.9 Å². The van der Waals surface area contributed by atoms with Crippen molar-refractivity contribution < 1.29 is 9.47 Å². The number of benzene rings is 2. The van der Waals surface area contributed by atoms with Gasteiger partial charge in [0.2, 0.25) is 0 Å². The van der Waals surface area contributed by atoms with Crippen LogP contribution < -0.4 is 15.2 Å².